The molecule has 0 N–H and O–H groups in total. The largest absolute Gasteiger partial charge is 0.256 e. The Morgan fingerprint density at radius 3 is 2.28 bits per heavy atom. The van der Waals surface area contributed by atoms with Crippen LogP contribution in [0.1, 0.15) is 51.3 Å². The molecule has 0 amide bonds. The first-order valence-corrected chi connectivity index (χ1v) is 13.5. The van der Waals surface area contributed by atoms with E-state index in [1.807, 2.05) is 17.5 Å². The third-order valence-electron chi connectivity index (χ3n) is 8.04. The second kappa shape index (κ2) is 7.27. The zero-order valence-corrected chi connectivity index (χ0v) is 22.3. The lowest BCUT2D eigenvalue weighted by Gasteiger charge is -2.24. The van der Waals surface area contributed by atoms with Gasteiger partial charge < -0.3 is 0 Å². The van der Waals surface area contributed by atoms with Crippen molar-refractivity contribution in [1.82, 2.24) is 4.98 Å². The first kappa shape index (κ1) is 21.8. The molecule has 0 unspecified atom stereocenters. The quantitative estimate of drug-likeness (QED) is 0.227. The zero-order chi connectivity index (χ0) is 24.8. The van der Waals surface area contributed by atoms with Gasteiger partial charge in [0.2, 0.25) is 0 Å². The zero-order valence-electron chi connectivity index (χ0n) is 21.4. The number of nitrogens with zero attached hydrogens (tertiary/aromatic N) is 1. The Bertz CT molecular complexity index is 1850. The molecule has 0 radical (unpaired) electrons. The van der Waals surface area contributed by atoms with Crippen molar-refractivity contribution in [3.8, 4) is 22.4 Å². The van der Waals surface area contributed by atoms with Crippen LogP contribution in [0.25, 0.3) is 53.3 Å². The Morgan fingerprint density at radius 1 is 0.722 bits per heavy atom. The van der Waals surface area contributed by atoms with Crippen LogP contribution in [0.15, 0.2) is 85.1 Å². The SMILES string of the molecule is CC(C)(C)c1ccc2c(c1)sc1ccc(-c3nccc4c3C(C)(C)c3cc5ccccc5cc3-4)cc12. The molecule has 1 nitrogen and oxygen atoms in total. The van der Waals surface area contributed by atoms with E-state index in [4.69, 9.17) is 4.98 Å². The van der Waals surface area contributed by atoms with E-state index < -0.39 is 0 Å². The van der Waals surface area contributed by atoms with E-state index in [1.165, 1.54) is 64.3 Å². The molecule has 2 heteroatoms. The fraction of sp³-hybridized carbons (Fsp3) is 0.206. The molecule has 36 heavy (non-hydrogen) atoms. The van der Waals surface area contributed by atoms with Crippen LogP contribution in [0, 0.1) is 0 Å². The molecule has 176 valence electrons. The van der Waals surface area contributed by atoms with Gasteiger partial charge in [-0.15, -0.1) is 11.3 Å². The smallest absolute Gasteiger partial charge is 0.0749 e. The maximum absolute atomic E-state index is 4.99. The van der Waals surface area contributed by atoms with Gasteiger partial charge in [0.15, 0.2) is 0 Å². The second-order valence-corrected chi connectivity index (χ2v) is 12.8. The van der Waals surface area contributed by atoms with E-state index in [9.17, 15) is 0 Å². The average molecular weight is 484 g/mol. The van der Waals surface area contributed by atoms with Crippen LogP contribution >= 0.6 is 11.3 Å². The van der Waals surface area contributed by atoms with Crippen LogP contribution in [0.2, 0.25) is 0 Å². The summed E-state index contributed by atoms with van der Waals surface area (Å²) in [5.74, 6) is 0. The maximum atomic E-state index is 4.99. The summed E-state index contributed by atoms with van der Waals surface area (Å²) in [6, 6.07) is 29.5. The number of hydrogen-bond acceptors (Lipinski definition) is 2. The minimum absolute atomic E-state index is 0.119. The topological polar surface area (TPSA) is 12.9 Å². The predicted molar refractivity (Wildman–Crippen MR) is 156 cm³/mol. The Kier molecular flexibility index (Phi) is 4.40. The molecule has 1 aliphatic carbocycles. The molecule has 7 rings (SSSR count). The molecule has 4 aromatic carbocycles. The minimum atomic E-state index is -0.119. The van der Waals surface area contributed by atoms with Crippen molar-refractivity contribution in [2.24, 2.45) is 0 Å². The summed E-state index contributed by atoms with van der Waals surface area (Å²) < 4.78 is 2.70. The number of pyridine rings is 1. The monoisotopic (exact) mass is 483 g/mol. The number of benzene rings is 4. The maximum Gasteiger partial charge on any atom is 0.0749 e. The Labute approximate surface area is 216 Å². The molecule has 2 aromatic heterocycles. The standard InChI is InChI=1S/C34H29NS/c1-33(2,3)23-11-12-24-27-17-22(10-13-29(27)36-30(24)19-23)32-31-25(14-15-35-32)26-16-20-8-6-7-9-21(20)18-28(26)34(31,4)5/h6-19H,1-5H3. The van der Waals surface area contributed by atoms with Gasteiger partial charge >= 0.3 is 0 Å². The number of fused-ring (bicyclic) bond motifs is 7. The molecular formula is C34H29NS. The van der Waals surface area contributed by atoms with Crippen molar-refractivity contribution >= 4 is 42.3 Å². The summed E-state index contributed by atoms with van der Waals surface area (Å²) in [5.41, 5.74) is 9.10. The van der Waals surface area contributed by atoms with Gasteiger partial charge in [-0.1, -0.05) is 77.1 Å². The highest BCUT2D eigenvalue weighted by atomic mass is 32.1. The molecule has 2 heterocycles. The van der Waals surface area contributed by atoms with Crippen LogP contribution in [-0.2, 0) is 10.8 Å². The van der Waals surface area contributed by atoms with Crippen molar-refractivity contribution in [1.29, 1.82) is 0 Å². The summed E-state index contributed by atoms with van der Waals surface area (Å²) in [6.45, 7) is 11.5. The van der Waals surface area contributed by atoms with Crippen LogP contribution in [0.5, 0.6) is 0 Å². The van der Waals surface area contributed by atoms with E-state index in [0.29, 0.717) is 0 Å². The number of thiophene rings is 1. The highest BCUT2D eigenvalue weighted by Crippen LogP contribution is 2.52. The predicted octanol–water partition coefficient (Wildman–Crippen LogP) is 9.87. The normalized spacial score (nSPS) is 14.5. The van der Waals surface area contributed by atoms with Crippen LogP contribution in [-0.4, -0.2) is 4.98 Å². The number of rotatable bonds is 1. The molecule has 0 aliphatic heterocycles. The summed E-state index contributed by atoms with van der Waals surface area (Å²) in [5, 5.41) is 5.25. The molecule has 0 saturated heterocycles. The molecule has 0 atom stereocenters. The summed E-state index contributed by atoms with van der Waals surface area (Å²) in [7, 11) is 0. The summed E-state index contributed by atoms with van der Waals surface area (Å²) in [6.07, 6.45) is 1.99. The van der Waals surface area contributed by atoms with Crippen molar-refractivity contribution in [2.45, 2.75) is 45.4 Å². The van der Waals surface area contributed by atoms with Gasteiger partial charge in [0, 0.05) is 37.3 Å². The Hall–Kier alpha value is -3.49. The Balaban J connectivity index is 1.44. The van der Waals surface area contributed by atoms with Gasteiger partial charge in [-0.05, 0) is 80.4 Å². The fourth-order valence-corrected chi connectivity index (χ4v) is 7.17. The first-order chi connectivity index (χ1) is 17.2. The van der Waals surface area contributed by atoms with Crippen LogP contribution in [0.3, 0.4) is 0 Å². The van der Waals surface area contributed by atoms with Gasteiger partial charge in [-0.3, -0.25) is 4.98 Å². The van der Waals surface area contributed by atoms with E-state index in [-0.39, 0.29) is 10.8 Å². The molecular weight excluding hydrogens is 454 g/mol. The van der Waals surface area contributed by atoms with Gasteiger partial charge in [-0.2, -0.15) is 0 Å². The summed E-state index contributed by atoms with van der Waals surface area (Å²) >= 11 is 1.89. The third kappa shape index (κ3) is 3.04. The highest BCUT2D eigenvalue weighted by molar-refractivity contribution is 7.25. The van der Waals surface area contributed by atoms with Gasteiger partial charge in [0.1, 0.15) is 0 Å². The van der Waals surface area contributed by atoms with E-state index >= 15 is 0 Å². The highest BCUT2D eigenvalue weighted by Gasteiger charge is 2.38. The number of aromatic nitrogens is 1. The lowest BCUT2D eigenvalue weighted by molar-refractivity contribution is 0.591. The Morgan fingerprint density at radius 2 is 1.50 bits per heavy atom. The number of hydrogen-bond donors (Lipinski definition) is 0. The minimum Gasteiger partial charge on any atom is -0.256 e. The van der Waals surface area contributed by atoms with Crippen molar-refractivity contribution in [2.75, 3.05) is 0 Å². The van der Waals surface area contributed by atoms with Crippen LogP contribution in [0.4, 0.5) is 0 Å². The van der Waals surface area contributed by atoms with Gasteiger partial charge in [-0.25, -0.2) is 0 Å². The average Bonchev–Trinajstić information content (AvgIpc) is 3.34. The van der Waals surface area contributed by atoms with Crippen molar-refractivity contribution in [3.63, 3.8) is 0 Å². The van der Waals surface area contributed by atoms with E-state index in [0.717, 1.165) is 5.69 Å². The van der Waals surface area contributed by atoms with Crippen molar-refractivity contribution < 1.29 is 0 Å². The van der Waals surface area contributed by atoms with Gasteiger partial charge in [0.25, 0.3) is 0 Å². The second-order valence-electron chi connectivity index (χ2n) is 11.7. The lowest BCUT2D eigenvalue weighted by atomic mass is 9.80. The molecule has 0 fully saturated rings. The molecule has 0 saturated carbocycles. The fourth-order valence-electron chi connectivity index (χ4n) is 6.04. The summed E-state index contributed by atoms with van der Waals surface area (Å²) in [4.78, 5) is 4.99. The lowest BCUT2D eigenvalue weighted by Crippen LogP contribution is -2.16. The first-order valence-electron chi connectivity index (χ1n) is 12.7. The van der Waals surface area contributed by atoms with Crippen molar-refractivity contribution in [3.05, 3.63) is 102 Å². The van der Waals surface area contributed by atoms with E-state index in [2.05, 4.69) is 113 Å². The molecule has 1 aliphatic rings. The third-order valence-corrected chi connectivity index (χ3v) is 9.17. The molecule has 0 bridgehead atoms. The van der Waals surface area contributed by atoms with E-state index in [1.54, 1.807) is 0 Å². The van der Waals surface area contributed by atoms with Crippen LogP contribution < -0.4 is 0 Å². The molecule has 6 aromatic rings. The molecule has 0 spiro atoms. The van der Waals surface area contributed by atoms with Gasteiger partial charge in [0.05, 0.1) is 5.69 Å².